The maximum absolute atomic E-state index is 12.4. The van der Waals surface area contributed by atoms with Crippen molar-refractivity contribution in [2.24, 2.45) is 5.73 Å². The molecule has 1 rings (SSSR count). The second-order valence-corrected chi connectivity index (χ2v) is 3.32. The zero-order chi connectivity index (χ0) is 12.3. The Labute approximate surface area is 94.4 Å². The van der Waals surface area contributed by atoms with Crippen molar-refractivity contribution < 1.29 is 18.0 Å². The summed E-state index contributed by atoms with van der Waals surface area (Å²) in [5, 5.41) is 2.22. The summed E-state index contributed by atoms with van der Waals surface area (Å²) in [6.45, 7) is 0. The lowest BCUT2D eigenvalue weighted by Crippen LogP contribution is -2.15. The monoisotopic (exact) mass is 248 g/mol. The van der Waals surface area contributed by atoms with Gasteiger partial charge in [-0.3, -0.25) is 4.79 Å². The second-order valence-electron chi connectivity index (χ2n) is 2.88. The Hall–Kier alpha value is -1.63. The average molecular weight is 248 g/mol. The SMILES string of the molecule is NC(=S)c1cc(C(F)(F)F)ccc1NC=O. The molecule has 0 atom stereocenters. The van der Waals surface area contributed by atoms with Crippen molar-refractivity contribution in [2.75, 3.05) is 5.32 Å². The van der Waals surface area contributed by atoms with E-state index < -0.39 is 11.7 Å². The maximum atomic E-state index is 12.4. The van der Waals surface area contributed by atoms with E-state index in [1.165, 1.54) is 0 Å². The van der Waals surface area contributed by atoms with Gasteiger partial charge in [0.2, 0.25) is 6.41 Å². The zero-order valence-corrected chi connectivity index (χ0v) is 8.65. The van der Waals surface area contributed by atoms with E-state index in [9.17, 15) is 18.0 Å². The number of anilines is 1. The minimum atomic E-state index is -4.47. The number of hydrogen-bond acceptors (Lipinski definition) is 2. The van der Waals surface area contributed by atoms with Crippen LogP contribution in [0, 0.1) is 0 Å². The minimum absolute atomic E-state index is 0.0167. The summed E-state index contributed by atoms with van der Waals surface area (Å²) >= 11 is 4.60. The van der Waals surface area contributed by atoms with Gasteiger partial charge in [0, 0.05) is 5.56 Å². The van der Waals surface area contributed by atoms with Crippen molar-refractivity contribution >= 4 is 29.3 Å². The number of nitrogens with one attached hydrogen (secondary N) is 1. The van der Waals surface area contributed by atoms with Crippen molar-refractivity contribution in [3.63, 3.8) is 0 Å². The van der Waals surface area contributed by atoms with Gasteiger partial charge >= 0.3 is 6.18 Å². The van der Waals surface area contributed by atoms with Gasteiger partial charge in [-0.25, -0.2) is 0 Å². The Morgan fingerprint density at radius 1 is 1.44 bits per heavy atom. The van der Waals surface area contributed by atoms with Crippen LogP contribution in [0.4, 0.5) is 18.9 Å². The number of carbonyl (C=O) groups is 1. The Kier molecular flexibility index (Phi) is 3.48. The van der Waals surface area contributed by atoms with E-state index in [2.05, 4.69) is 17.5 Å². The third kappa shape index (κ3) is 2.69. The van der Waals surface area contributed by atoms with E-state index in [-0.39, 0.29) is 16.2 Å². The summed E-state index contributed by atoms with van der Waals surface area (Å²) in [6, 6.07) is 2.74. The van der Waals surface area contributed by atoms with Crippen molar-refractivity contribution in [3.05, 3.63) is 29.3 Å². The number of benzene rings is 1. The van der Waals surface area contributed by atoms with Crippen LogP contribution in [0.1, 0.15) is 11.1 Å². The highest BCUT2D eigenvalue weighted by Gasteiger charge is 2.31. The minimum Gasteiger partial charge on any atom is -0.389 e. The molecule has 0 saturated heterocycles. The number of hydrogen-bond donors (Lipinski definition) is 2. The Morgan fingerprint density at radius 3 is 2.50 bits per heavy atom. The smallest absolute Gasteiger partial charge is 0.389 e. The molecule has 3 nitrogen and oxygen atoms in total. The molecule has 0 spiro atoms. The third-order valence-corrected chi connectivity index (χ3v) is 2.05. The van der Waals surface area contributed by atoms with Gasteiger partial charge in [0.15, 0.2) is 0 Å². The maximum Gasteiger partial charge on any atom is 0.416 e. The fraction of sp³-hybridized carbons (Fsp3) is 0.111. The average Bonchev–Trinajstić information content (AvgIpc) is 2.16. The van der Waals surface area contributed by atoms with Gasteiger partial charge in [-0.2, -0.15) is 13.2 Å². The predicted molar refractivity (Wildman–Crippen MR) is 57.0 cm³/mol. The number of alkyl halides is 3. The second kappa shape index (κ2) is 4.48. The van der Waals surface area contributed by atoms with Crippen LogP contribution >= 0.6 is 12.2 Å². The highest BCUT2D eigenvalue weighted by Crippen LogP contribution is 2.31. The molecule has 3 N–H and O–H groups in total. The molecule has 0 aliphatic rings. The van der Waals surface area contributed by atoms with Crippen molar-refractivity contribution in [2.45, 2.75) is 6.18 Å². The first-order valence-electron chi connectivity index (χ1n) is 4.07. The molecule has 0 heterocycles. The summed E-state index contributed by atoms with van der Waals surface area (Å²) in [5.74, 6) is 0. The van der Waals surface area contributed by atoms with Gasteiger partial charge in [0.1, 0.15) is 4.99 Å². The molecule has 1 aromatic rings. The molecule has 1 aromatic carbocycles. The molecular weight excluding hydrogens is 241 g/mol. The van der Waals surface area contributed by atoms with Crippen molar-refractivity contribution in [1.82, 2.24) is 0 Å². The third-order valence-electron chi connectivity index (χ3n) is 1.83. The van der Waals surface area contributed by atoms with Gasteiger partial charge in [-0.15, -0.1) is 0 Å². The molecule has 0 bridgehead atoms. The van der Waals surface area contributed by atoms with Crippen LogP contribution in [-0.4, -0.2) is 11.4 Å². The van der Waals surface area contributed by atoms with Crippen LogP contribution in [0.25, 0.3) is 0 Å². The molecule has 0 aliphatic heterocycles. The zero-order valence-electron chi connectivity index (χ0n) is 7.84. The molecular formula is C9H7F3N2OS. The normalized spacial score (nSPS) is 10.9. The number of carbonyl (C=O) groups excluding carboxylic acids is 1. The molecule has 16 heavy (non-hydrogen) atoms. The van der Waals surface area contributed by atoms with E-state index >= 15 is 0 Å². The Morgan fingerprint density at radius 2 is 2.06 bits per heavy atom. The highest BCUT2D eigenvalue weighted by molar-refractivity contribution is 7.80. The molecule has 7 heteroatoms. The van der Waals surface area contributed by atoms with Gasteiger partial charge in [-0.05, 0) is 18.2 Å². The molecule has 0 aliphatic carbocycles. The summed E-state index contributed by atoms with van der Waals surface area (Å²) in [4.78, 5) is 10.0. The molecule has 0 aromatic heterocycles. The quantitative estimate of drug-likeness (QED) is 0.634. The number of nitrogens with two attached hydrogens (primary N) is 1. The van der Waals surface area contributed by atoms with Crippen molar-refractivity contribution in [1.29, 1.82) is 0 Å². The summed E-state index contributed by atoms with van der Waals surface area (Å²) < 4.78 is 37.1. The Balaban J connectivity index is 3.28. The molecule has 0 unspecified atom stereocenters. The molecule has 0 saturated carbocycles. The summed E-state index contributed by atoms with van der Waals surface area (Å²) in [6.07, 6.45) is -4.14. The summed E-state index contributed by atoms with van der Waals surface area (Å²) in [7, 11) is 0. The van der Waals surface area contributed by atoms with E-state index in [1.807, 2.05) is 0 Å². The number of thiocarbonyl (C=S) groups is 1. The van der Waals surface area contributed by atoms with Gasteiger partial charge in [-0.1, -0.05) is 12.2 Å². The fourth-order valence-electron chi connectivity index (χ4n) is 1.11. The lowest BCUT2D eigenvalue weighted by molar-refractivity contribution is -0.137. The first-order chi connectivity index (χ1) is 7.36. The number of amides is 1. The lowest BCUT2D eigenvalue weighted by atomic mass is 10.1. The predicted octanol–water partition coefficient (Wildman–Crippen LogP) is 1.91. The first kappa shape index (κ1) is 12.4. The largest absolute Gasteiger partial charge is 0.416 e. The van der Waals surface area contributed by atoms with Gasteiger partial charge < -0.3 is 11.1 Å². The van der Waals surface area contributed by atoms with Gasteiger partial charge in [0.25, 0.3) is 0 Å². The van der Waals surface area contributed by atoms with E-state index in [4.69, 9.17) is 5.73 Å². The molecule has 86 valence electrons. The lowest BCUT2D eigenvalue weighted by Gasteiger charge is -2.11. The standard InChI is InChI=1S/C9H7F3N2OS/c10-9(11,12)5-1-2-7(14-4-15)6(3-5)8(13)16/h1-4H,(H2,13,16)(H,14,15). The van der Waals surface area contributed by atoms with Crippen molar-refractivity contribution in [3.8, 4) is 0 Å². The number of halogens is 3. The molecule has 0 fully saturated rings. The molecule has 1 amide bonds. The van der Waals surface area contributed by atoms with E-state index in [1.54, 1.807) is 0 Å². The first-order valence-corrected chi connectivity index (χ1v) is 4.48. The highest BCUT2D eigenvalue weighted by atomic mass is 32.1. The molecule has 0 radical (unpaired) electrons. The van der Waals surface area contributed by atoms with Crippen LogP contribution in [0.15, 0.2) is 18.2 Å². The van der Waals surface area contributed by atoms with E-state index in [0.717, 1.165) is 18.2 Å². The van der Waals surface area contributed by atoms with Crippen LogP contribution in [0.5, 0.6) is 0 Å². The number of rotatable bonds is 3. The Bertz CT molecular complexity index is 431. The van der Waals surface area contributed by atoms with Crippen LogP contribution in [0.2, 0.25) is 0 Å². The topological polar surface area (TPSA) is 55.1 Å². The van der Waals surface area contributed by atoms with Crippen LogP contribution < -0.4 is 11.1 Å². The van der Waals surface area contributed by atoms with Crippen LogP contribution in [-0.2, 0) is 11.0 Å². The van der Waals surface area contributed by atoms with Crippen LogP contribution in [0.3, 0.4) is 0 Å². The van der Waals surface area contributed by atoms with Gasteiger partial charge in [0.05, 0.1) is 11.3 Å². The van der Waals surface area contributed by atoms with E-state index in [0.29, 0.717) is 6.41 Å². The summed E-state index contributed by atoms with van der Waals surface area (Å²) in [5.41, 5.74) is 4.53. The fourth-order valence-corrected chi connectivity index (χ4v) is 1.28.